The standard InChI is InChI=1S/C15H16FNO2/c1-8(18)17-12-7-11(16)14(9-5-6-9)10-3-2-4-13(19)15(10)12/h7,9H,2-6H2,1H3,(H,17,18). The van der Waals surface area contributed by atoms with Gasteiger partial charge in [0.05, 0.1) is 5.69 Å². The van der Waals surface area contributed by atoms with Gasteiger partial charge in [0, 0.05) is 18.9 Å². The number of rotatable bonds is 2. The van der Waals surface area contributed by atoms with Gasteiger partial charge in [-0.25, -0.2) is 4.39 Å². The lowest BCUT2D eigenvalue weighted by Crippen LogP contribution is -2.19. The molecule has 1 aromatic carbocycles. The van der Waals surface area contributed by atoms with Crippen molar-refractivity contribution in [3.8, 4) is 0 Å². The van der Waals surface area contributed by atoms with Crippen LogP contribution < -0.4 is 5.32 Å². The highest BCUT2D eigenvalue weighted by Gasteiger charge is 2.34. The van der Waals surface area contributed by atoms with Crippen LogP contribution in [0.5, 0.6) is 0 Å². The van der Waals surface area contributed by atoms with Gasteiger partial charge in [-0.1, -0.05) is 0 Å². The fourth-order valence-electron chi connectivity index (χ4n) is 2.95. The molecule has 100 valence electrons. The van der Waals surface area contributed by atoms with Crippen molar-refractivity contribution in [2.75, 3.05) is 5.32 Å². The Morgan fingerprint density at radius 1 is 1.37 bits per heavy atom. The summed E-state index contributed by atoms with van der Waals surface area (Å²) in [5.74, 6) is -0.267. The monoisotopic (exact) mass is 261 g/mol. The van der Waals surface area contributed by atoms with Crippen molar-refractivity contribution in [1.29, 1.82) is 0 Å². The molecular formula is C15H16FNO2. The third kappa shape index (κ3) is 2.15. The van der Waals surface area contributed by atoms with Crippen molar-refractivity contribution in [3.05, 3.63) is 28.6 Å². The summed E-state index contributed by atoms with van der Waals surface area (Å²) in [6, 6.07) is 1.32. The molecule has 3 rings (SSSR count). The van der Waals surface area contributed by atoms with E-state index in [-0.39, 0.29) is 23.4 Å². The Morgan fingerprint density at radius 3 is 2.74 bits per heavy atom. The molecule has 1 saturated carbocycles. The smallest absolute Gasteiger partial charge is 0.221 e. The van der Waals surface area contributed by atoms with Crippen LogP contribution in [0.15, 0.2) is 6.07 Å². The Balaban J connectivity index is 2.19. The molecule has 19 heavy (non-hydrogen) atoms. The second kappa shape index (κ2) is 4.44. The molecule has 0 aromatic heterocycles. The van der Waals surface area contributed by atoms with Gasteiger partial charge in [-0.3, -0.25) is 9.59 Å². The zero-order valence-corrected chi connectivity index (χ0v) is 10.9. The molecule has 0 heterocycles. The summed E-state index contributed by atoms with van der Waals surface area (Å²) in [6.07, 6.45) is 3.98. The normalized spacial score (nSPS) is 18.1. The Bertz CT molecular complexity index is 576. The number of nitrogens with one attached hydrogen (secondary N) is 1. The molecule has 2 aliphatic rings. The molecule has 0 atom stereocenters. The van der Waals surface area contributed by atoms with E-state index in [9.17, 15) is 14.0 Å². The Morgan fingerprint density at radius 2 is 2.11 bits per heavy atom. The van der Waals surface area contributed by atoms with E-state index in [1.807, 2.05) is 0 Å². The van der Waals surface area contributed by atoms with E-state index in [2.05, 4.69) is 5.32 Å². The van der Waals surface area contributed by atoms with Crippen LogP contribution in [0.1, 0.15) is 60.0 Å². The maximum atomic E-state index is 14.2. The van der Waals surface area contributed by atoms with E-state index in [1.54, 1.807) is 0 Å². The Hall–Kier alpha value is -1.71. The average molecular weight is 261 g/mol. The highest BCUT2D eigenvalue weighted by atomic mass is 19.1. The van der Waals surface area contributed by atoms with Crippen LogP contribution >= 0.6 is 0 Å². The number of anilines is 1. The number of carbonyl (C=O) groups excluding carboxylic acids is 2. The van der Waals surface area contributed by atoms with Crippen LogP contribution in [0.2, 0.25) is 0 Å². The zero-order chi connectivity index (χ0) is 13.6. The van der Waals surface area contributed by atoms with Gasteiger partial charge >= 0.3 is 0 Å². The lowest BCUT2D eigenvalue weighted by Gasteiger charge is -2.22. The molecule has 0 radical (unpaired) electrons. The fourth-order valence-corrected chi connectivity index (χ4v) is 2.95. The van der Waals surface area contributed by atoms with Crippen LogP contribution in [0.4, 0.5) is 10.1 Å². The summed E-state index contributed by atoms with van der Waals surface area (Å²) in [5.41, 5.74) is 2.44. The minimum absolute atomic E-state index is 0.0203. The second-order valence-corrected chi connectivity index (χ2v) is 5.41. The van der Waals surface area contributed by atoms with Gasteiger partial charge in [0.15, 0.2) is 5.78 Å². The first-order valence-electron chi connectivity index (χ1n) is 6.74. The highest BCUT2D eigenvalue weighted by molar-refractivity contribution is 6.06. The van der Waals surface area contributed by atoms with Crippen molar-refractivity contribution in [3.63, 3.8) is 0 Å². The lowest BCUT2D eigenvalue weighted by molar-refractivity contribution is -0.114. The number of ketones is 1. The number of Topliss-reactive ketones (excluding diaryl/α,β-unsaturated/α-hetero) is 1. The minimum Gasteiger partial charge on any atom is -0.326 e. The van der Waals surface area contributed by atoms with E-state index in [4.69, 9.17) is 0 Å². The summed E-state index contributed by atoms with van der Waals surface area (Å²) >= 11 is 0. The molecule has 1 aromatic rings. The third-order valence-electron chi connectivity index (χ3n) is 3.83. The molecule has 2 aliphatic carbocycles. The van der Waals surface area contributed by atoms with E-state index in [1.165, 1.54) is 13.0 Å². The van der Waals surface area contributed by atoms with Crippen molar-refractivity contribution in [1.82, 2.24) is 0 Å². The van der Waals surface area contributed by atoms with E-state index in [0.717, 1.165) is 36.8 Å². The molecule has 1 fully saturated rings. The second-order valence-electron chi connectivity index (χ2n) is 5.41. The van der Waals surface area contributed by atoms with Crippen LogP contribution in [0, 0.1) is 5.82 Å². The summed E-state index contributed by atoms with van der Waals surface area (Å²) in [5, 5.41) is 2.59. The summed E-state index contributed by atoms with van der Waals surface area (Å²) < 4.78 is 14.2. The van der Waals surface area contributed by atoms with Crippen LogP contribution in [-0.4, -0.2) is 11.7 Å². The predicted molar refractivity (Wildman–Crippen MR) is 69.9 cm³/mol. The first-order valence-corrected chi connectivity index (χ1v) is 6.74. The molecule has 0 unspecified atom stereocenters. The molecular weight excluding hydrogens is 245 g/mol. The molecule has 0 saturated heterocycles. The topological polar surface area (TPSA) is 46.2 Å². The largest absolute Gasteiger partial charge is 0.326 e. The summed E-state index contributed by atoms with van der Waals surface area (Å²) in [4.78, 5) is 23.3. The minimum atomic E-state index is -0.279. The molecule has 1 N–H and O–H groups in total. The van der Waals surface area contributed by atoms with Crippen molar-refractivity contribution < 1.29 is 14.0 Å². The number of amides is 1. The number of hydrogen-bond acceptors (Lipinski definition) is 2. The van der Waals surface area contributed by atoms with Gasteiger partial charge in [-0.2, -0.15) is 0 Å². The third-order valence-corrected chi connectivity index (χ3v) is 3.83. The molecule has 4 heteroatoms. The van der Waals surface area contributed by atoms with Crippen molar-refractivity contribution in [2.24, 2.45) is 0 Å². The maximum Gasteiger partial charge on any atom is 0.221 e. The van der Waals surface area contributed by atoms with Gasteiger partial charge in [0.1, 0.15) is 5.82 Å². The molecule has 1 amide bonds. The SMILES string of the molecule is CC(=O)Nc1cc(F)c(C2CC2)c2c1C(=O)CCC2. The number of carbonyl (C=O) groups is 2. The van der Waals surface area contributed by atoms with Crippen LogP contribution in [0.25, 0.3) is 0 Å². The first-order chi connectivity index (χ1) is 9.08. The van der Waals surface area contributed by atoms with Gasteiger partial charge in [-0.05, 0) is 48.8 Å². The zero-order valence-electron chi connectivity index (χ0n) is 10.9. The number of hydrogen-bond donors (Lipinski definition) is 1. The van der Waals surface area contributed by atoms with Gasteiger partial charge in [0.25, 0.3) is 0 Å². The van der Waals surface area contributed by atoms with Crippen molar-refractivity contribution in [2.45, 2.75) is 44.9 Å². The number of fused-ring (bicyclic) bond motifs is 1. The van der Waals surface area contributed by atoms with Gasteiger partial charge in [-0.15, -0.1) is 0 Å². The number of benzene rings is 1. The first kappa shape index (κ1) is 12.3. The number of halogens is 1. The van der Waals surface area contributed by atoms with E-state index < -0.39 is 0 Å². The van der Waals surface area contributed by atoms with Gasteiger partial charge in [0.2, 0.25) is 5.91 Å². The fraction of sp³-hybridized carbons (Fsp3) is 0.467. The Labute approximate surface area is 111 Å². The molecule has 3 nitrogen and oxygen atoms in total. The predicted octanol–water partition coefficient (Wildman–Crippen LogP) is 3.18. The summed E-state index contributed by atoms with van der Waals surface area (Å²) in [6.45, 7) is 1.37. The molecule has 0 bridgehead atoms. The highest BCUT2D eigenvalue weighted by Crippen LogP contribution is 2.46. The van der Waals surface area contributed by atoms with Crippen LogP contribution in [-0.2, 0) is 11.2 Å². The van der Waals surface area contributed by atoms with Crippen LogP contribution in [0.3, 0.4) is 0 Å². The molecule has 0 spiro atoms. The maximum absolute atomic E-state index is 14.2. The van der Waals surface area contributed by atoms with E-state index in [0.29, 0.717) is 17.7 Å². The average Bonchev–Trinajstić information content (AvgIpc) is 3.12. The summed E-state index contributed by atoms with van der Waals surface area (Å²) in [7, 11) is 0. The quantitative estimate of drug-likeness (QED) is 0.888. The van der Waals surface area contributed by atoms with E-state index >= 15 is 0 Å². The Kier molecular flexibility index (Phi) is 2.88. The lowest BCUT2D eigenvalue weighted by atomic mass is 9.84. The van der Waals surface area contributed by atoms with Gasteiger partial charge < -0.3 is 5.32 Å². The molecule has 0 aliphatic heterocycles. The van der Waals surface area contributed by atoms with Crippen molar-refractivity contribution >= 4 is 17.4 Å².